The highest BCUT2D eigenvalue weighted by Crippen LogP contribution is 2.25. The van der Waals surface area contributed by atoms with E-state index in [-0.39, 0.29) is 22.9 Å². The number of rotatable bonds is 6. The summed E-state index contributed by atoms with van der Waals surface area (Å²) in [7, 11) is 0. The Morgan fingerprint density at radius 3 is 2.84 bits per heavy atom. The molecule has 1 aromatic carbocycles. The second kappa shape index (κ2) is 7.53. The Morgan fingerprint density at radius 1 is 1.28 bits per heavy atom. The second-order valence-corrected chi connectivity index (χ2v) is 6.93. The van der Waals surface area contributed by atoms with Crippen LogP contribution in [0.1, 0.15) is 25.3 Å². The fraction of sp³-hybridized carbons (Fsp3) is 0.312. The molecule has 0 spiro atoms. The van der Waals surface area contributed by atoms with Crippen LogP contribution in [0.2, 0.25) is 5.02 Å². The third-order valence-electron chi connectivity index (χ3n) is 3.67. The van der Waals surface area contributed by atoms with Gasteiger partial charge in [0.15, 0.2) is 16.6 Å². The highest BCUT2D eigenvalue weighted by atomic mass is 35.5. The minimum Gasteiger partial charge on any atom is -0.382 e. The first kappa shape index (κ1) is 17.9. The molecule has 0 bridgehead atoms. The number of imidazole rings is 1. The maximum atomic E-state index is 14.2. The minimum absolute atomic E-state index is 0.0930. The molecule has 0 aliphatic carbocycles. The first-order valence-corrected chi connectivity index (χ1v) is 9.11. The summed E-state index contributed by atoms with van der Waals surface area (Å²) in [6.07, 6.45) is 3.54. The smallest absolute Gasteiger partial charge is 0.191 e. The van der Waals surface area contributed by atoms with Gasteiger partial charge in [-0.05, 0) is 18.6 Å². The standard InChI is InChI=1S/C16H16ClF2N5S/c1-2-3-6-25-16-22-14(20)13-15(23-16)24(8-21-13)7-9-11(18)5-4-10(17)12(9)19/h4-5,8H,2-3,6-7H2,1H3,(H2,20,22,23). The SMILES string of the molecule is CCCCSc1nc(N)c2ncn(Cc3c(F)ccc(Cl)c3F)c2n1. The van der Waals surface area contributed by atoms with Crippen molar-refractivity contribution in [2.75, 3.05) is 11.5 Å². The van der Waals surface area contributed by atoms with Gasteiger partial charge >= 0.3 is 0 Å². The van der Waals surface area contributed by atoms with E-state index in [9.17, 15) is 8.78 Å². The molecule has 0 atom stereocenters. The van der Waals surface area contributed by atoms with Crippen LogP contribution in [-0.2, 0) is 6.54 Å². The van der Waals surface area contributed by atoms with Crippen molar-refractivity contribution in [3.8, 4) is 0 Å². The molecule has 2 heterocycles. The molecule has 0 amide bonds. The summed E-state index contributed by atoms with van der Waals surface area (Å²) in [6, 6.07) is 2.32. The highest BCUT2D eigenvalue weighted by molar-refractivity contribution is 7.99. The van der Waals surface area contributed by atoms with Crippen molar-refractivity contribution >= 4 is 40.3 Å². The number of thioether (sulfide) groups is 1. The van der Waals surface area contributed by atoms with Crippen molar-refractivity contribution in [1.82, 2.24) is 19.5 Å². The molecular weight excluding hydrogens is 368 g/mol. The topological polar surface area (TPSA) is 69.6 Å². The predicted octanol–water partition coefficient (Wildman–Crippen LogP) is 4.28. The Hall–Kier alpha value is -1.93. The zero-order valence-electron chi connectivity index (χ0n) is 13.5. The Morgan fingerprint density at radius 2 is 2.08 bits per heavy atom. The van der Waals surface area contributed by atoms with E-state index in [2.05, 4.69) is 21.9 Å². The zero-order valence-corrected chi connectivity index (χ0v) is 15.0. The van der Waals surface area contributed by atoms with E-state index in [0.29, 0.717) is 16.3 Å². The molecule has 2 N–H and O–H groups in total. The van der Waals surface area contributed by atoms with E-state index in [1.54, 1.807) is 0 Å². The molecule has 2 aromatic heterocycles. The van der Waals surface area contributed by atoms with Crippen molar-refractivity contribution < 1.29 is 8.78 Å². The van der Waals surface area contributed by atoms with Gasteiger partial charge in [-0.1, -0.05) is 36.7 Å². The number of hydrogen-bond donors (Lipinski definition) is 1. The summed E-state index contributed by atoms with van der Waals surface area (Å²) in [5, 5.41) is 0.387. The number of aromatic nitrogens is 4. The molecule has 132 valence electrons. The minimum atomic E-state index is -0.789. The molecule has 0 radical (unpaired) electrons. The van der Waals surface area contributed by atoms with E-state index >= 15 is 0 Å². The fourth-order valence-corrected chi connectivity index (χ4v) is 3.42. The first-order valence-electron chi connectivity index (χ1n) is 7.74. The van der Waals surface area contributed by atoms with Crippen LogP contribution in [0, 0.1) is 11.6 Å². The monoisotopic (exact) mass is 383 g/mol. The number of hydrogen-bond acceptors (Lipinski definition) is 5. The largest absolute Gasteiger partial charge is 0.382 e. The van der Waals surface area contributed by atoms with Gasteiger partial charge in [0.05, 0.1) is 17.9 Å². The summed E-state index contributed by atoms with van der Waals surface area (Å²) in [5.41, 5.74) is 6.63. The number of anilines is 1. The lowest BCUT2D eigenvalue weighted by Crippen LogP contribution is -2.06. The molecule has 0 aliphatic heterocycles. The molecule has 5 nitrogen and oxygen atoms in total. The molecule has 0 aliphatic rings. The summed E-state index contributed by atoms with van der Waals surface area (Å²) < 4.78 is 29.7. The lowest BCUT2D eigenvalue weighted by atomic mass is 10.2. The molecule has 3 aromatic rings. The van der Waals surface area contributed by atoms with E-state index in [0.717, 1.165) is 24.7 Å². The van der Waals surface area contributed by atoms with Crippen molar-refractivity contribution in [3.63, 3.8) is 0 Å². The van der Waals surface area contributed by atoms with Crippen molar-refractivity contribution in [3.05, 3.63) is 40.7 Å². The van der Waals surface area contributed by atoms with Crippen LogP contribution in [0.3, 0.4) is 0 Å². The van der Waals surface area contributed by atoms with Gasteiger partial charge in [0, 0.05) is 11.3 Å². The Labute approximate surface area is 152 Å². The number of halogens is 3. The lowest BCUT2D eigenvalue weighted by Gasteiger charge is -2.09. The summed E-state index contributed by atoms with van der Waals surface area (Å²) in [4.78, 5) is 12.8. The first-order chi connectivity index (χ1) is 12.0. The maximum Gasteiger partial charge on any atom is 0.191 e. The van der Waals surface area contributed by atoms with Gasteiger partial charge in [-0.3, -0.25) is 0 Å². The third-order valence-corrected chi connectivity index (χ3v) is 4.89. The van der Waals surface area contributed by atoms with Gasteiger partial charge in [-0.2, -0.15) is 0 Å². The zero-order chi connectivity index (χ0) is 18.0. The van der Waals surface area contributed by atoms with Gasteiger partial charge < -0.3 is 10.3 Å². The van der Waals surface area contributed by atoms with Gasteiger partial charge in [-0.15, -0.1) is 0 Å². The molecule has 9 heteroatoms. The molecule has 0 fully saturated rings. The number of fused-ring (bicyclic) bond motifs is 1. The Kier molecular flexibility index (Phi) is 5.39. The van der Waals surface area contributed by atoms with Crippen LogP contribution >= 0.6 is 23.4 Å². The number of benzene rings is 1. The highest BCUT2D eigenvalue weighted by Gasteiger charge is 2.17. The number of nitrogens with zero attached hydrogens (tertiary/aromatic N) is 4. The van der Waals surface area contributed by atoms with Crippen molar-refractivity contribution in [1.29, 1.82) is 0 Å². The number of nitrogen functional groups attached to an aromatic ring is 1. The van der Waals surface area contributed by atoms with Gasteiger partial charge in [0.2, 0.25) is 0 Å². The van der Waals surface area contributed by atoms with Crippen LogP contribution in [0.4, 0.5) is 14.6 Å². The average Bonchev–Trinajstić information content (AvgIpc) is 2.99. The van der Waals surface area contributed by atoms with E-state index in [4.69, 9.17) is 17.3 Å². The number of nitrogens with two attached hydrogens (primary N) is 1. The quantitative estimate of drug-likeness (QED) is 0.298. The molecule has 3 rings (SSSR count). The Bertz CT molecular complexity index is 915. The van der Waals surface area contributed by atoms with Crippen LogP contribution in [0.5, 0.6) is 0 Å². The average molecular weight is 384 g/mol. The van der Waals surface area contributed by atoms with Gasteiger partial charge in [-0.25, -0.2) is 23.7 Å². The van der Waals surface area contributed by atoms with Crippen LogP contribution < -0.4 is 5.73 Å². The van der Waals surface area contributed by atoms with Crippen molar-refractivity contribution in [2.45, 2.75) is 31.5 Å². The molecule has 0 unspecified atom stereocenters. The maximum absolute atomic E-state index is 14.2. The summed E-state index contributed by atoms with van der Waals surface area (Å²) in [6.45, 7) is 2.01. The summed E-state index contributed by atoms with van der Waals surface area (Å²) >= 11 is 7.24. The normalized spacial score (nSPS) is 11.4. The second-order valence-electron chi connectivity index (χ2n) is 5.46. The van der Waals surface area contributed by atoms with Crippen LogP contribution in [-0.4, -0.2) is 25.3 Å². The fourth-order valence-electron chi connectivity index (χ4n) is 2.32. The molecular formula is C16H16ClF2N5S. The molecule has 25 heavy (non-hydrogen) atoms. The predicted molar refractivity (Wildman–Crippen MR) is 95.8 cm³/mol. The van der Waals surface area contributed by atoms with E-state index < -0.39 is 11.6 Å². The van der Waals surface area contributed by atoms with Crippen molar-refractivity contribution in [2.24, 2.45) is 0 Å². The number of unbranched alkanes of at least 4 members (excludes halogenated alkanes) is 1. The molecule has 0 saturated heterocycles. The van der Waals surface area contributed by atoms with Crippen LogP contribution in [0.25, 0.3) is 11.2 Å². The van der Waals surface area contributed by atoms with Gasteiger partial charge in [0.25, 0.3) is 0 Å². The van der Waals surface area contributed by atoms with E-state index in [1.807, 2.05) is 0 Å². The third kappa shape index (κ3) is 3.69. The van der Waals surface area contributed by atoms with Gasteiger partial charge in [0.1, 0.15) is 17.2 Å². The Balaban J connectivity index is 1.98. The van der Waals surface area contributed by atoms with Crippen LogP contribution in [0.15, 0.2) is 23.6 Å². The van der Waals surface area contributed by atoms with E-state index in [1.165, 1.54) is 28.7 Å². The molecule has 0 saturated carbocycles. The lowest BCUT2D eigenvalue weighted by molar-refractivity contribution is 0.546. The summed E-state index contributed by atoms with van der Waals surface area (Å²) in [5.74, 6) is -0.353.